The number of carbonyl (C=O) groups excluding carboxylic acids is 3. The van der Waals surface area contributed by atoms with Crippen LogP contribution in [0.3, 0.4) is 0 Å². The van der Waals surface area contributed by atoms with Crippen molar-refractivity contribution in [1.82, 2.24) is 15.2 Å². The highest BCUT2D eigenvalue weighted by Crippen LogP contribution is 3.02. The highest BCUT2D eigenvalue weighted by Gasteiger charge is 2.65. The lowest BCUT2D eigenvalue weighted by Gasteiger charge is -2.43. The maximum absolute atomic E-state index is 14.6. The number of pyridine rings is 1. The number of benzene rings is 2. The molecule has 1 saturated heterocycles. The Balaban J connectivity index is 1.55. The summed E-state index contributed by atoms with van der Waals surface area (Å²) >= 11 is 0. The number of aromatic nitrogens is 1. The summed E-state index contributed by atoms with van der Waals surface area (Å²) in [7, 11) is -8.72. The third kappa shape index (κ3) is 8.05. The number of carbonyl (C=O) groups is 3. The van der Waals surface area contributed by atoms with Crippen molar-refractivity contribution in [2.24, 2.45) is 0 Å². The summed E-state index contributed by atoms with van der Waals surface area (Å²) in [4.78, 5) is 45.8. The van der Waals surface area contributed by atoms with E-state index >= 15 is 0 Å². The molecule has 16 heteroatoms. The molecule has 3 amide bonds. The molecule has 10 nitrogen and oxygen atoms in total. The first kappa shape index (κ1) is 35.0. The Bertz CT molecular complexity index is 1640. The van der Waals surface area contributed by atoms with E-state index in [2.05, 4.69) is 10.3 Å². The molecule has 5 rings (SSSR count). The number of rotatable bonds is 10. The van der Waals surface area contributed by atoms with Gasteiger partial charge in [0.2, 0.25) is 5.91 Å². The first-order valence-electron chi connectivity index (χ1n) is 15.0. The molecule has 1 aliphatic carbocycles. The third-order valence-electron chi connectivity index (χ3n) is 8.34. The van der Waals surface area contributed by atoms with Gasteiger partial charge in [-0.1, -0.05) is 55.8 Å². The van der Waals surface area contributed by atoms with Crippen molar-refractivity contribution in [3.63, 3.8) is 0 Å². The lowest BCUT2D eigenvalue weighted by molar-refractivity contribution is -0.130. The van der Waals surface area contributed by atoms with Crippen LogP contribution in [0.15, 0.2) is 84.0 Å². The number of nitrogens with one attached hydrogen (secondary N) is 1. The van der Waals surface area contributed by atoms with E-state index in [1.54, 1.807) is 37.3 Å². The second kappa shape index (κ2) is 12.3. The number of hydrogen-bond acceptors (Lipinski definition) is 7. The highest BCUT2D eigenvalue weighted by atomic mass is 32.5. The molecule has 0 bridgehead atoms. The van der Waals surface area contributed by atoms with Crippen LogP contribution in [0.5, 0.6) is 0 Å². The zero-order valence-corrected chi connectivity index (χ0v) is 26.8. The number of halogens is 5. The lowest BCUT2D eigenvalue weighted by Crippen LogP contribution is -2.57. The Morgan fingerprint density at radius 2 is 1.71 bits per heavy atom. The largest absolute Gasteiger partial charge is 0.445 e. The molecule has 260 valence electrons. The molecule has 2 heterocycles. The molecule has 2 fully saturated rings. The van der Waals surface area contributed by atoms with Crippen LogP contribution >= 0.6 is 10.2 Å². The Kier molecular flexibility index (Phi) is 8.99. The fraction of sp³-hybridized carbons (Fsp3) is 0.375. The summed E-state index contributed by atoms with van der Waals surface area (Å²) in [6, 6.07) is 9.95. The van der Waals surface area contributed by atoms with E-state index < -0.39 is 62.9 Å². The smallest absolute Gasteiger partial charge is 0.410 e. The summed E-state index contributed by atoms with van der Waals surface area (Å²) < 4.78 is 79.2. The van der Waals surface area contributed by atoms with Crippen molar-refractivity contribution in [1.29, 1.82) is 0 Å². The predicted octanol–water partition coefficient (Wildman–Crippen LogP) is 6.27. The Morgan fingerprint density at radius 1 is 1.04 bits per heavy atom. The quantitative estimate of drug-likeness (QED) is 0.240. The van der Waals surface area contributed by atoms with E-state index in [0.717, 1.165) is 9.80 Å². The summed E-state index contributed by atoms with van der Waals surface area (Å²) in [6.45, 7) is 1.38. The maximum Gasteiger partial charge on any atom is 0.410 e. The average molecular weight is 699 g/mol. The van der Waals surface area contributed by atoms with Gasteiger partial charge >= 0.3 is 16.3 Å². The normalized spacial score (nSPS) is 24.4. The first-order valence-corrected chi connectivity index (χ1v) is 16.9. The van der Waals surface area contributed by atoms with Crippen molar-refractivity contribution >= 4 is 33.8 Å². The topological polar surface area (TPSA) is 121 Å². The van der Waals surface area contributed by atoms with Gasteiger partial charge in [-0.05, 0) is 55.7 Å². The second-order valence-corrected chi connectivity index (χ2v) is 14.7. The summed E-state index contributed by atoms with van der Waals surface area (Å²) in [5, 5.41) is 13.0. The van der Waals surface area contributed by atoms with Crippen LogP contribution in [0.1, 0.15) is 43.4 Å². The highest BCUT2D eigenvalue weighted by molar-refractivity contribution is 8.45. The van der Waals surface area contributed by atoms with Gasteiger partial charge in [0, 0.05) is 43.2 Å². The van der Waals surface area contributed by atoms with Gasteiger partial charge in [0.05, 0.1) is 18.2 Å². The van der Waals surface area contributed by atoms with Crippen LogP contribution in [-0.2, 0) is 25.7 Å². The molecule has 2 N–H and O–H groups in total. The Labute approximate surface area is 273 Å². The molecule has 1 aliphatic heterocycles. The molecule has 1 saturated carbocycles. The van der Waals surface area contributed by atoms with Crippen LogP contribution < -0.4 is 10.2 Å². The van der Waals surface area contributed by atoms with Gasteiger partial charge in [-0.3, -0.25) is 24.4 Å². The molecule has 0 spiro atoms. The van der Waals surface area contributed by atoms with Gasteiger partial charge in [-0.15, -0.1) is 0 Å². The van der Waals surface area contributed by atoms with E-state index in [9.17, 15) is 38.9 Å². The fourth-order valence-electron chi connectivity index (χ4n) is 5.97. The van der Waals surface area contributed by atoms with Crippen molar-refractivity contribution in [2.75, 3.05) is 18.6 Å². The standard InChI is InChI=1S/C32H35F5N4O6S/c1-32(45)16-23(17-32)39-29(42)28(22-9-6-14-38-18-22)41(24-10-12-26(13-11-24)48(33,34,35,36)37)30(43)27-15-25(46-2)19-40(27)31(44)47-20-21-7-4-3-5-8-21/h3-14,18,23,25,27-28,45H,15-17,19-20H2,1-2H3,(H,39,42)/t23?,25-,27-,28?,32?/m1/s1. The van der Waals surface area contributed by atoms with E-state index in [1.807, 2.05) is 0 Å². The molecular weight excluding hydrogens is 663 g/mol. The minimum absolute atomic E-state index is 0.0668. The first-order chi connectivity index (χ1) is 22.3. The number of methoxy groups -OCH3 is 1. The number of aliphatic hydroxyl groups is 1. The van der Waals surface area contributed by atoms with Crippen LogP contribution in [-0.4, -0.2) is 70.3 Å². The zero-order valence-electron chi connectivity index (χ0n) is 26.0. The van der Waals surface area contributed by atoms with Crippen molar-refractivity contribution in [3.8, 4) is 0 Å². The van der Waals surface area contributed by atoms with E-state index in [1.165, 1.54) is 31.6 Å². The van der Waals surface area contributed by atoms with Crippen molar-refractivity contribution < 1.29 is 48.4 Å². The number of anilines is 1. The molecule has 3 aromatic rings. The number of likely N-dealkylation sites (tertiary alicyclic amines) is 1. The lowest BCUT2D eigenvalue weighted by atomic mass is 9.77. The van der Waals surface area contributed by atoms with Crippen molar-refractivity contribution in [2.45, 2.75) is 67.5 Å². The zero-order chi connectivity index (χ0) is 35.0. The summed E-state index contributed by atoms with van der Waals surface area (Å²) in [5.41, 5.74) is -0.539. The second-order valence-electron chi connectivity index (χ2n) is 12.3. The molecule has 48 heavy (non-hydrogen) atoms. The molecule has 2 aliphatic rings. The van der Waals surface area contributed by atoms with Crippen LogP contribution in [0, 0.1) is 0 Å². The van der Waals surface area contributed by atoms with Crippen molar-refractivity contribution in [3.05, 3.63) is 90.3 Å². The number of ether oxygens (including phenoxy) is 2. The maximum atomic E-state index is 14.6. The SMILES string of the molecule is CO[C@@H]1C[C@H](C(=O)N(c2ccc(S(F)(F)(F)(F)F)cc2)C(C(=O)NC2CC(C)(O)C2)c2cccnc2)N(C(=O)OCc2ccccc2)C1. The minimum atomic E-state index is -10.1. The molecule has 0 radical (unpaired) electrons. The number of hydrogen-bond donors (Lipinski definition) is 2. The monoisotopic (exact) mass is 698 g/mol. The minimum Gasteiger partial charge on any atom is -0.445 e. The molecule has 2 aromatic carbocycles. The molecule has 1 unspecified atom stereocenters. The molecule has 3 atom stereocenters. The van der Waals surface area contributed by atoms with Gasteiger partial charge < -0.3 is 19.9 Å². The van der Waals surface area contributed by atoms with Gasteiger partial charge in [0.1, 0.15) is 23.6 Å². The Hall–Kier alpha value is -4.28. The summed E-state index contributed by atoms with van der Waals surface area (Å²) in [5.74, 6) is -1.68. The van der Waals surface area contributed by atoms with Crippen LogP contribution in [0.25, 0.3) is 0 Å². The predicted molar refractivity (Wildman–Crippen MR) is 167 cm³/mol. The molecule has 1 aromatic heterocycles. The Morgan fingerprint density at radius 3 is 2.27 bits per heavy atom. The van der Waals surface area contributed by atoms with Gasteiger partial charge in [-0.2, -0.15) is 0 Å². The number of nitrogens with zero attached hydrogens (tertiary/aromatic N) is 3. The van der Waals surface area contributed by atoms with Crippen LogP contribution in [0.2, 0.25) is 0 Å². The third-order valence-corrected chi connectivity index (χ3v) is 9.51. The average Bonchev–Trinajstić information content (AvgIpc) is 3.46. The summed E-state index contributed by atoms with van der Waals surface area (Å²) in [6.07, 6.45) is 1.48. The van der Waals surface area contributed by atoms with E-state index in [-0.39, 0.29) is 55.8 Å². The van der Waals surface area contributed by atoms with Gasteiger partial charge in [0.25, 0.3) is 5.91 Å². The van der Waals surface area contributed by atoms with E-state index in [4.69, 9.17) is 9.47 Å². The number of amides is 3. The van der Waals surface area contributed by atoms with Gasteiger partial charge in [-0.25, -0.2) is 4.79 Å². The van der Waals surface area contributed by atoms with Gasteiger partial charge in [0.15, 0.2) is 0 Å². The fourth-order valence-corrected chi connectivity index (χ4v) is 6.62. The van der Waals surface area contributed by atoms with E-state index in [0.29, 0.717) is 17.7 Å². The molecular formula is C32H35F5N4O6S. The van der Waals surface area contributed by atoms with Crippen LogP contribution in [0.4, 0.5) is 29.9 Å².